The third-order valence-electron chi connectivity index (χ3n) is 0.669. The van der Waals surface area contributed by atoms with E-state index in [0.717, 1.165) is 6.42 Å². The first-order valence-electron chi connectivity index (χ1n) is 2.49. The van der Waals surface area contributed by atoms with Gasteiger partial charge in [0.2, 0.25) is 6.08 Å². The van der Waals surface area contributed by atoms with Crippen molar-refractivity contribution in [2.45, 2.75) is 6.42 Å². The topological polar surface area (TPSA) is 41.8 Å². The van der Waals surface area contributed by atoms with Crippen LogP contribution in [-0.2, 0) is 4.79 Å². The largest absolute Gasteiger partial charge is 0.234 e. The Balaban J connectivity index is 3.09. The minimum atomic E-state index is 0.476. The number of isocyanates is 1. The maximum Gasteiger partial charge on any atom is 0.234 e. The highest BCUT2D eigenvalue weighted by molar-refractivity contribution is 7.78. The van der Waals surface area contributed by atoms with Gasteiger partial charge in [-0.15, -0.1) is 0 Å². The van der Waals surface area contributed by atoms with Crippen LogP contribution in [0.15, 0.2) is 9.98 Å². The number of hydrogen-bond donors (Lipinski definition) is 0. The first-order valence-corrected chi connectivity index (χ1v) is 2.90. The van der Waals surface area contributed by atoms with Crippen LogP contribution in [0, 0.1) is 0 Å². The Morgan fingerprint density at radius 3 is 2.56 bits per heavy atom. The molecule has 0 atom stereocenters. The summed E-state index contributed by atoms with van der Waals surface area (Å²) in [5.41, 5.74) is 0. The molecule has 3 nitrogen and oxygen atoms in total. The fourth-order valence-corrected chi connectivity index (χ4v) is 0.411. The van der Waals surface area contributed by atoms with Gasteiger partial charge in [0.1, 0.15) is 0 Å². The van der Waals surface area contributed by atoms with Crippen LogP contribution in [0.25, 0.3) is 0 Å². The number of thiocarbonyl (C=S) groups is 1. The van der Waals surface area contributed by atoms with Crippen LogP contribution in [0.5, 0.6) is 0 Å². The standard InChI is InChI=1S/C5H6N2OS/c8-4-6-2-1-3-7-5-9/h1-3H2. The van der Waals surface area contributed by atoms with Crippen LogP contribution >= 0.6 is 12.2 Å². The first-order chi connectivity index (χ1) is 4.41. The first kappa shape index (κ1) is 8.18. The Morgan fingerprint density at radius 1 is 1.33 bits per heavy atom. The summed E-state index contributed by atoms with van der Waals surface area (Å²) in [6.45, 7) is 1.07. The minimum Gasteiger partial charge on any atom is -0.232 e. The SMILES string of the molecule is O=C=NCCCN=C=S. The van der Waals surface area contributed by atoms with Gasteiger partial charge in [0, 0.05) is 0 Å². The zero-order valence-electron chi connectivity index (χ0n) is 4.83. The quantitative estimate of drug-likeness (QED) is 0.252. The molecular formula is C5H6N2OS. The number of isothiocyanates is 1. The fourth-order valence-electron chi connectivity index (χ4n) is 0.320. The predicted molar refractivity (Wildman–Crippen MR) is 37.5 cm³/mol. The molecule has 0 aliphatic heterocycles. The number of rotatable bonds is 4. The summed E-state index contributed by atoms with van der Waals surface area (Å²) in [7, 11) is 0. The summed E-state index contributed by atoms with van der Waals surface area (Å²) in [6.07, 6.45) is 2.17. The second kappa shape index (κ2) is 7.18. The van der Waals surface area contributed by atoms with Crippen molar-refractivity contribution < 1.29 is 4.79 Å². The van der Waals surface area contributed by atoms with E-state index in [1.165, 1.54) is 6.08 Å². The highest BCUT2D eigenvalue weighted by atomic mass is 32.1. The lowest BCUT2D eigenvalue weighted by molar-refractivity contribution is 0.562. The molecule has 0 aromatic rings. The zero-order valence-corrected chi connectivity index (χ0v) is 5.65. The van der Waals surface area contributed by atoms with Gasteiger partial charge in [0.15, 0.2) is 0 Å². The summed E-state index contributed by atoms with van der Waals surface area (Å²) in [6, 6.07) is 0. The molecule has 0 fully saturated rings. The molecule has 0 saturated carbocycles. The Kier molecular flexibility index (Phi) is 6.53. The van der Waals surface area contributed by atoms with Crippen molar-refractivity contribution in [3.05, 3.63) is 0 Å². The molecule has 0 saturated heterocycles. The second-order valence-electron chi connectivity index (χ2n) is 1.30. The van der Waals surface area contributed by atoms with E-state index in [2.05, 4.69) is 27.4 Å². The highest BCUT2D eigenvalue weighted by Gasteiger charge is 1.78. The van der Waals surface area contributed by atoms with Crippen molar-refractivity contribution >= 4 is 23.5 Å². The van der Waals surface area contributed by atoms with Gasteiger partial charge in [0.25, 0.3) is 0 Å². The van der Waals surface area contributed by atoms with Gasteiger partial charge in [-0.05, 0) is 18.6 Å². The predicted octanol–water partition coefficient (Wildman–Crippen LogP) is 0.815. The molecule has 0 aliphatic carbocycles. The van der Waals surface area contributed by atoms with Crippen molar-refractivity contribution in [1.29, 1.82) is 0 Å². The molecule has 0 heterocycles. The third kappa shape index (κ3) is 7.18. The van der Waals surface area contributed by atoms with Crippen LogP contribution in [0.3, 0.4) is 0 Å². The second-order valence-corrected chi connectivity index (χ2v) is 1.48. The number of nitrogens with zero attached hydrogens (tertiary/aromatic N) is 2. The molecule has 9 heavy (non-hydrogen) atoms. The summed E-state index contributed by atoms with van der Waals surface area (Å²) >= 11 is 4.31. The molecule has 0 aromatic heterocycles. The van der Waals surface area contributed by atoms with E-state index in [1.54, 1.807) is 0 Å². The van der Waals surface area contributed by atoms with Crippen LogP contribution < -0.4 is 0 Å². The van der Waals surface area contributed by atoms with Crippen LogP contribution in [0.1, 0.15) is 6.42 Å². The van der Waals surface area contributed by atoms with Crippen molar-refractivity contribution in [3.63, 3.8) is 0 Å². The van der Waals surface area contributed by atoms with Gasteiger partial charge in [-0.25, -0.2) is 14.8 Å². The molecule has 0 radical (unpaired) electrons. The monoisotopic (exact) mass is 142 g/mol. The molecule has 0 rings (SSSR count). The van der Waals surface area contributed by atoms with E-state index in [-0.39, 0.29) is 0 Å². The average molecular weight is 142 g/mol. The van der Waals surface area contributed by atoms with E-state index in [1.807, 2.05) is 0 Å². The Hall–Kier alpha value is -0.820. The van der Waals surface area contributed by atoms with Gasteiger partial charge in [0.05, 0.1) is 18.3 Å². The van der Waals surface area contributed by atoms with E-state index >= 15 is 0 Å². The van der Waals surface area contributed by atoms with Crippen LogP contribution in [-0.4, -0.2) is 24.3 Å². The van der Waals surface area contributed by atoms with Gasteiger partial charge in [-0.2, -0.15) is 0 Å². The lowest BCUT2D eigenvalue weighted by Gasteiger charge is -1.82. The van der Waals surface area contributed by atoms with E-state index in [9.17, 15) is 4.79 Å². The highest BCUT2D eigenvalue weighted by Crippen LogP contribution is 1.79. The Bertz CT molecular complexity index is 138. The van der Waals surface area contributed by atoms with Gasteiger partial charge >= 0.3 is 0 Å². The molecule has 0 amide bonds. The molecule has 0 aromatic carbocycles. The van der Waals surface area contributed by atoms with Crippen molar-refractivity contribution in [2.24, 2.45) is 9.98 Å². The molecule has 4 heteroatoms. The summed E-state index contributed by atoms with van der Waals surface area (Å²) in [4.78, 5) is 16.4. The lowest BCUT2D eigenvalue weighted by Crippen LogP contribution is -1.83. The van der Waals surface area contributed by atoms with E-state index in [0.29, 0.717) is 13.1 Å². The third-order valence-corrected chi connectivity index (χ3v) is 0.798. The number of carbonyl (C=O) groups excluding carboxylic acids is 1. The summed E-state index contributed by atoms with van der Waals surface area (Å²) < 4.78 is 0. The average Bonchev–Trinajstić information content (AvgIpc) is 1.89. The maximum atomic E-state index is 9.48. The summed E-state index contributed by atoms with van der Waals surface area (Å²) in [5, 5.41) is 2.21. The Morgan fingerprint density at radius 2 is 2.00 bits per heavy atom. The number of aliphatic imine (C=N–C) groups is 2. The lowest BCUT2D eigenvalue weighted by atomic mass is 10.4. The maximum absolute atomic E-state index is 9.48. The van der Waals surface area contributed by atoms with Crippen molar-refractivity contribution in [1.82, 2.24) is 0 Å². The number of hydrogen-bond acceptors (Lipinski definition) is 4. The van der Waals surface area contributed by atoms with Crippen molar-refractivity contribution in [2.75, 3.05) is 13.1 Å². The molecule has 0 aliphatic rings. The molecule has 0 bridgehead atoms. The fraction of sp³-hybridized carbons (Fsp3) is 0.600. The molecule has 0 N–H and O–H groups in total. The van der Waals surface area contributed by atoms with E-state index in [4.69, 9.17) is 0 Å². The molecular weight excluding hydrogens is 136 g/mol. The minimum absolute atomic E-state index is 0.476. The van der Waals surface area contributed by atoms with Crippen LogP contribution in [0.2, 0.25) is 0 Å². The Labute approximate surface area is 58.5 Å². The van der Waals surface area contributed by atoms with E-state index < -0.39 is 0 Å². The summed E-state index contributed by atoms with van der Waals surface area (Å²) in [5.74, 6) is 0. The van der Waals surface area contributed by atoms with Crippen LogP contribution in [0.4, 0.5) is 0 Å². The smallest absolute Gasteiger partial charge is 0.232 e. The zero-order chi connectivity index (χ0) is 6.95. The normalized spacial score (nSPS) is 7.11. The van der Waals surface area contributed by atoms with Gasteiger partial charge < -0.3 is 0 Å². The molecule has 0 spiro atoms. The molecule has 0 unspecified atom stereocenters. The molecule has 48 valence electrons. The van der Waals surface area contributed by atoms with Gasteiger partial charge in [-0.1, -0.05) is 0 Å². The van der Waals surface area contributed by atoms with Crippen molar-refractivity contribution in [3.8, 4) is 0 Å². The van der Waals surface area contributed by atoms with Gasteiger partial charge in [-0.3, -0.25) is 0 Å².